The number of nitrogens with zero attached hydrogens (tertiary/aromatic N) is 2. The first-order valence-electron chi connectivity index (χ1n) is 10.8. The Balaban J connectivity index is 1.39. The highest BCUT2D eigenvalue weighted by atomic mass is 16.4. The number of hydrogen-bond acceptors (Lipinski definition) is 4. The van der Waals surface area contributed by atoms with Crippen molar-refractivity contribution in [1.29, 1.82) is 0 Å². The predicted molar refractivity (Wildman–Crippen MR) is 125 cm³/mol. The molecule has 3 aromatic rings. The van der Waals surface area contributed by atoms with Crippen molar-refractivity contribution in [2.24, 2.45) is 0 Å². The van der Waals surface area contributed by atoms with E-state index in [1.54, 1.807) is 18.2 Å². The van der Waals surface area contributed by atoms with Crippen LogP contribution in [0.4, 0.5) is 5.69 Å². The zero-order valence-corrected chi connectivity index (χ0v) is 17.9. The first-order valence-corrected chi connectivity index (χ1v) is 10.8. The number of anilines is 1. The highest BCUT2D eigenvalue weighted by Crippen LogP contribution is 2.29. The minimum atomic E-state index is -1.05. The molecule has 4 rings (SSSR count). The quantitative estimate of drug-likeness (QED) is 0.599. The number of carboxylic acid groups (broad SMARTS) is 1. The van der Waals surface area contributed by atoms with E-state index in [1.807, 2.05) is 12.1 Å². The second-order valence-corrected chi connectivity index (χ2v) is 7.93. The molecular formula is C26H27N3O3. The van der Waals surface area contributed by atoms with Crippen LogP contribution < -0.4 is 5.32 Å². The van der Waals surface area contributed by atoms with Crippen LogP contribution in [0.5, 0.6) is 0 Å². The van der Waals surface area contributed by atoms with Gasteiger partial charge in [0.25, 0.3) is 0 Å². The van der Waals surface area contributed by atoms with Gasteiger partial charge in [0.2, 0.25) is 5.91 Å². The van der Waals surface area contributed by atoms with E-state index >= 15 is 0 Å². The molecule has 0 atom stereocenters. The molecule has 6 nitrogen and oxygen atoms in total. The number of nitrogens with one attached hydrogen (secondary N) is 1. The zero-order valence-electron chi connectivity index (χ0n) is 17.9. The minimum absolute atomic E-state index is 0.0965. The fraction of sp³-hybridized carbons (Fsp3) is 0.231. The molecule has 1 fully saturated rings. The molecule has 2 N–H and O–H groups in total. The molecule has 0 spiro atoms. The number of piperazine rings is 1. The van der Waals surface area contributed by atoms with Crippen molar-refractivity contribution in [3.8, 4) is 0 Å². The van der Waals surface area contributed by atoms with Crippen molar-refractivity contribution in [2.45, 2.75) is 6.04 Å². The summed E-state index contributed by atoms with van der Waals surface area (Å²) in [4.78, 5) is 28.5. The number of rotatable bonds is 7. The average Bonchev–Trinajstić information content (AvgIpc) is 2.82. The third kappa shape index (κ3) is 5.22. The van der Waals surface area contributed by atoms with Crippen molar-refractivity contribution in [2.75, 3.05) is 38.0 Å². The summed E-state index contributed by atoms with van der Waals surface area (Å²) in [5.41, 5.74) is 2.95. The molecule has 3 aromatic carbocycles. The van der Waals surface area contributed by atoms with E-state index in [2.05, 4.69) is 63.6 Å². The zero-order chi connectivity index (χ0) is 22.3. The molecule has 1 saturated heterocycles. The van der Waals surface area contributed by atoms with E-state index in [-0.39, 0.29) is 24.1 Å². The third-order valence-electron chi connectivity index (χ3n) is 5.80. The van der Waals surface area contributed by atoms with Crippen LogP contribution in [0.1, 0.15) is 27.5 Å². The minimum Gasteiger partial charge on any atom is -0.478 e. The number of para-hydroxylation sites is 1. The van der Waals surface area contributed by atoms with E-state index in [4.69, 9.17) is 0 Å². The number of carbonyl (C=O) groups is 2. The summed E-state index contributed by atoms with van der Waals surface area (Å²) in [6.45, 7) is 3.46. The molecule has 0 unspecified atom stereocenters. The summed E-state index contributed by atoms with van der Waals surface area (Å²) >= 11 is 0. The van der Waals surface area contributed by atoms with Gasteiger partial charge in [0.15, 0.2) is 0 Å². The Bertz CT molecular complexity index is 1010. The molecule has 32 heavy (non-hydrogen) atoms. The van der Waals surface area contributed by atoms with E-state index < -0.39 is 5.97 Å². The molecule has 1 heterocycles. The van der Waals surface area contributed by atoms with Crippen LogP contribution in [0.3, 0.4) is 0 Å². The topological polar surface area (TPSA) is 72.9 Å². The smallest absolute Gasteiger partial charge is 0.337 e. The van der Waals surface area contributed by atoms with Gasteiger partial charge in [-0.1, -0.05) is 72.8 Å². The Kier molecular flexibility index (Phi) is 6.94. The van der Waals surface area contributed by atoms with Crippen LogP contribution in [0.2, 0.25) is 0 Å². The standard InChI is InChI=1S/C26H27N3O3/c30-24(27-23-14-8-7-13-22(23)26(31)32)19-28-15-17-29(18-16-28)25(20-9-3-1-4-10-20)21-11-5-2-6-12-21/h1-14,25H,15-19H2,(H,27,30)(H,31,32). The van der Waals surface area contributed by atoms with Crippen LogP contribution in [0, 0.1) is 0 Å². The van der Waals surface area contributed by atoms with Crippen molar-refractivity contribution in [3.05, 3.63) is 102 Å². The van der Waals surface area contributed by atoms with E-state index in [0.717, 1.165) is 26.2 Å². The van der Waals surface area contributed by atoms with E-state index in [9.17, 15) is 14.7 Å². The molecule has 0 aromatic heterocycles. The number of aromatic carboxylic acids is 1. The van der Waals surface area contributed by atoms with Crippen molar-refractivity contribution in [3.63, 3.8) is 0 Å². The summed E-state index contributed by atoms with van der Waals surface area (Å²) < 4.78 is 0. The third-order valence-corrected chi connectivity index (χ3v) is 5.80. The lowest BCUT2D eigenvalue weighted by molar-refractivity contribution is -0.117. The predicted octanol–water partition coefficient (Wildman–Crippen LogP) is 3.73. The Hall–Kier alpha value is -3.48. The van der Waals surface area contributed by atoms with Crippen LogP contribution in [-0.4, -0.2) is 59.5 Å². The summed E-state index contributed by atoms with van der Waals surface area (Å²) in [6.07, 6.45) is 0. The first-order chi connectivity index (χ1) is 15.6. The van der Waals surface area contributed by atoms with E-state index in [0.29, 0.717) is 5.69 Å². The Morgan fingerprint density at radius 1 is 0.781 bits per heavy atom. The number of carboxylic acids is 1. The number of hydrogen-bond donors (Lipinski definition) is 2. The monoisotopic (exact) mass is 429 g/mol. The molecule has 164 valence electrons. The van der Waals surface area contributed by atoms with Crippen molar-refractivity contribution in [1.82, 2.24) is 9.80 Å². The van der Waals surface area contributed by atoms with Gasteiger partial charge in [0, 0.05) is 26.2 Å². The Labute approximate surface area is 188 Å². The second-order valence-electron chi connectivity index (χ2n) is 7.93. The largest absolute Gasteiger partial charge is 0.478 e. The Morgan fingerprint density at radius 2 is 1.31 bits per heavy atom. The lowest BCUT2D eigenvalue weighted by atomic mass is 9.96. The van der Waals surface area contributed by atoms with Gasteiger partial charge in [0.1, 0.15) is 0 Å². The van der Waals surface area contributed by atoms with Gasteiger partial charge >= 0.3 is 5.97 Å². The summed E-state index contributed by atoms with van der Waals surface area (Å²) in [5.74, 6) is -1.25. The number of amides is 1. The molecule has 1 aliphatic rings. The van der Waals surface area contributed by atoms with Crippen molar-refractivity contribution < 1.29 is 14.7 Å². The maximum atomic E-state index is 12.6. The molecule has 6 heteroatoms. The van der Waals surface area contributed by atoms with Gasteiger partial charge in [-0.2, -0.15) is 0 Å². The normalized spacial score (nSPS) is 14.9. The molecular weight excluding hydrogens is 402 g/mol. The summed E-state index contributed by atoms with van der Waals surface area (Å²) in [5, 5.41) is 12.1. The molecule has 0 radical (unpaired) electrons. The van der Waals surface area contributed by atoms with Crippen LogP contribution >= 0.6 is 0 Å². The molecule has 0 bridgehead atoms. The maximum absolute atomic E-state index is 12.6. The van der Waals surface area contributed by atoms with Gasteiger partial charge < -0.3 is 10.4 Å². The van der Waals surface area contributed by atoms with Crippen LogP contribution in [0.15, 0.2) is 84.9 Å². The fourth-order valence-electron chi connectivity index (χ4n) is 4.24. The SMILES string of the molecule is O=C(CN1CCN(C(c2ccccc2)c2ccccc2)CC1)Nc1ccccc1C(=O)O. The summed E-state index contributed by atoms with van der Waals surface area (Å²) in [6, 6.07) is 27.6. The second kappa shape index (κ2) is 10.2. The number of benzene rings is 3. The molecule has 0 saturated carbocycles. The van der Waals surface area contributed by atoms with Crippen molar-refractivity contribution >= 4 is 17.6 Å². The molecule has 1 aliphatic heterocycles. The molecule has 1 amide bonds. The molecule has 0 aliphatic carbocycles. The van der Waals surface area contributed by atoms with Crippen LogP contribution in [0.25, 0.3) is 0 Å². The van der Waals surface area contributed by atoms with E-state index in [1.165, 1.54) is 17.2 Å². The van der Waals surface area contributed by atoms with Crippen LogP contribution in [-0.2, 0) is 4.79 Å². The number of carbonyl (C=O) groups excluding carboxylic acids is 1. The van der Waals surface area contributed by atoms with Gasteiger partial charge in [-0.15, -0.1) is 0 Å². The first kappa shape index (κ1) is 21.7. The van der Waals surface area contributed by atoms with Gasteiger partial charge in [-0.25, -0.2) is 4.79 Å². The average molecular weight is 430 g/mol. The van der Waals surface area contributed by atoms with Gasteiger partial charge in [-0.05, 0) is 23.3 Å². The highest BCUT2D eigenvalue weighted by molar-refractivity contribution is 6.01. The lowest BCUT2D eigenvalue weighted by Gasteiger charge is -2.39. The lowest BCUT2D eigenvalue weighted by Crippen LogP contribution is -2.49. The van der Waals surface area contributed by atoms with Gasteiger partial charge in [-0.3, -0.25) is 14.6 Å². The maximum Gasteiger partial charge on any atom is 0.337 e. The Morgan fingerprint density at radius 3 is 1.88 bits per heavy atom. The fourth-order valence-corrected chi connectivity index (χ4v) is 4.24. The van der Waals surface area contributed by atoms with Gasteiger partial charge in [0.05, 0.1) is 23.8 Å². The summed E-state index contributed by atoms with van der Waals surface area (Å²) in [7, 11) is 0. The highest BCUT2D eigenvalue weighted by Gasteiger charge is 2.27.